The molecule has 0 aliphatic heterocycles. The van der Waals surface area contributed by atoms with Gasteiger partial charge in [0.05, 0.1) is 25.1 Å². The molecule has 0 atom stereocenters. The number of ether oxygens (including phenoxy) is 1. The average Bonchev–Trinajstić information content (AvgIpc) is 2.18. The van der Waals surface area contributed by atoms with Crippen molar-refractivity contribution in [3.63, 3.8) is 0 Å². The highest BCUT2D eigenvalue weighted by Crippen LogP contribution is 2.52. The predicted octanol–water partition coefficient (Wildman–Crippen LogP) is 4.63. The van der Waals surface area contributed by atoms with Crippen LogP contribution in [-0.4, -0.2) is 19.8 Å². The molecule has 0 rings (SSSR count). The summed E-state index contributed by atoms with van der Waals surface area (Å²) in [5.41, 5.74) is 0. The zero-order chi connectivity index (χ0) is 12.6. The first-order chi connectivity index (χ1) is 7.58. The molecule has 0 radical (unpaired) electrons. The second-order valence-electron chi connectivity index (χ2n) is 3.34. The number of rotatable bonds is 8. The van der Waals surface area contributed by atoms with E-state index in [1.165, 1.54) is 0 Å². The van der Waals surface area contributed by atoms with Gasteiger partial charge in [-0.1, -0.05) is 13.8 Å². The van der Waals surface area contributed by atoms with Crippen molar-refractivity contribution in [2.24, 2.45) is 5.92 Å². The quantitative estimate of drug-likeness (QED) is 0.483. The van der Waals surface area contributed by atoms with Gasteiger partial charge in [-0.15, -0.1) is 0 Å². The van der Waals surface area contributed by atoms with Crippen LogP contribution in [0.3, 0.4) is 0 Å². The first kappa shape index (κ1) is 16.4. The molecule has 0 amide bonds. The molecule has 0 fully saturated rings. The van der Waals surface area contributed by atoms with E-state index in [-0.39, 0.29) is 0 Å². The Morgan fingerprint density at radius 1 is 1.06 bits per heavy atom. The number of hydrogen-bond acceptors (Lipinski definition) is 3. The smallest absolute Gasteiger partial charge is 0.205 e. The fraction of sp³-hybridized carbons (Fsp3) is 0.818. The van der Waals surface area contributed by atoms with Crippen LogP contribution >= 0.6 is 24.3 Å². The molecule has 0 bridgehead atoms. The van der Waals surface area contributed by atoms with Gasteiger partial charge in [-0.05, 0) is 42.6 Å². The summed E-state index contributed by atoms with van der Waals surface area (Å²) in [6, 6.07) is 0. The SMILES string of the molecule is CCO/C(Br)=C(\C(C)C)P(OCC)OCC. The third-order valence-electron chi connectivity index (χ3n) is 1.71. The van der Waals surface area contributed by atoms with Gasteiger partial charge in [0.15, 0.2) is 4.67 Å². The lowest BCUT2D eigenvalue weighted by Gasteiger charge is -2.22. The van der Waals surface area contributed by atoms with E-state index >= 15 is 0 Å². The van der Waals surface area contributed by atoms with Crippen LogP contribution in [0.1, 0.15) is 34.6 Å². The van der Waals surface area contributed by atoms with Crippen molar-refractivity contribution in [2.75, 3.05) is 19.8 Å². The Morgan fingerprint density at radius 2 is 1.56 bits per heavy atom. The summed E-state index contributed by atoms with van der Waals surface area (Å²) >= 11 is 3.46. The minimum absolute atomic E-state index is 0.338. The Morgan fingerprint density at radius 3 is 1.88 bits per heavy atom. The van der Waals surface area contributed by atoms with E-state index in [0.717, 1.165) is 9.98 Å². The molecule has 0 N–H and O–H groups in total. The summed E-state index contributed by atoms with van der Waals surface area (Å²) in [6.45, 7) is 12.1. The third kappa shape index (κ3) is 5.62. The lowest BCUT2D eigenvalue weighted by Crippen LogP contribution is -2.03. The minimum Gasteiger partial charge on any atom is -0.487 e. The van der Waals surface area contributed by atoms with Crippen molar-refractivity contribution in [1.82, 2.24) is 0 Å². The van der Waals surface area contributed by atoms with Crippen LogP contribution in [0.2, 0.25) is 0 Å². The van der Waals surface area contributed by atoms with Gasteiger partial charge in [-0.2, -0.15) is 0 Å². The lowest BCUT2D eigenvalue weighted by atomic mass is 10.2. The average molecular weight is 313 g/mol. The molecular weight excluding hydrogens is 291 g/mol. The molecule has 5 heteroatoms. The highest BCUT2D eigenvalue weighted by atomic mass is 79.9. The first-order valence-corrected chi connectivity index (χ1v) is 7.63. The van der Waals surface area contributed by atoms with Gasteiger partial charge in [-0.3, -0.25) is 0 Å². The van der Waals surface area contributed by atoms with Gasteiger partial charge in [-0.25, -0.2) is 0 Å². The molecule has 0 aromatic carbocycles. The molecule has 3 nitrogen and oxygen atoms in total. The van der Waals surface area contributed by atoms with E-state index in [4.69, 9.17) is 13.8 Å². The number of halogens is 1. The van der Waals surface area contributed by atoms with Gasteiger partial charge in [0.2, 0.25) is 8.38 Å². The molecular formula is C11H22BrO3P. The molecule has 16 heavy (non-hydrogen) atoms. The van der Waals surface area contributed by atoms with E-state index in [0.29, 0.717) is 25.7 Å². The molecule has 0 unspecified atom stereocenters. The number of allylic oxidation sites excluding steroid dienone is 1. The normalized spacial score (nSPS) is 13.2. The van der Waals surface area contributed by atoms with Gasteiger partial charge in [0.25, 0.3) is 0 Å². The zero-order valence-electron chi connectivity index (χ0n) is 10.7. The maximum Gasteiger partial charge on any atom is 0.205 e. The summed E-state index contributed by atoms with van der Waals surface area (Å²) in [4.78, 5) is 0. The summed E-state index contributed by atoms with van der Waals surface area (Å²) < 4.78 is 17.5. The summed E-state index contributed by atoms with van der Waals surface area (Å²) in [7, 11) is -1.01. The van der Waals surface area contributed by atoms with Crippen LogP contribution in [0.4, 0.5) is 0 Å². The molecule has 0 aromatic heterocycles. The van der Waals surface area contributed by atoms with Crippen LogP contribution in [0, 0.1) is 5.92 Å². The largest absolute Gasteiger partial charge is 0.487 e. The molecule has 0 aliphatic carbocycles. The van der Waals surface area contributed by atoms with E-state index in [1.54, 1.807) is 0 Å². The van der Waals surface area contributed by atoms with Crippen molar-refractivity contribution in [3.8, 4) is 0 Å². The second kappa shape index (κ2) is 9.41. The monoisotopic (exact) mass is 312 g/mol. The molecule has 0 saturated heterocycles. The molecule has 0 aromatic rings. The van der Waals surface area contributed by atoms with Crippen LogP contribution in [-0.2, 0) is 13.8 Å². The van der Waals surface area contributed by atoms with E-state index < -0.39 is 8.38 Å². The lowest BCUT2D eigenvalue weighted by molar-refractivity contribution is 0.247. The summed E-state index contributed by atoms with van der Waals surface area (Å²) in [5.74, 6) is 0.338. The van der Waals surface area contributed by atoms with Crippen molar-refractivity contribution >= 4 is 24.3 Å². The third-order valence-corrected chi connectivity index (χ3v) is 4.77. The summed E-state index contributed by atoms with van der Waals surface area (Å²) in [5, 5.41) is 1.08. The topological polar surface area (TPSA) is 27.7 Å². The molecule has 96 valence electrons. The van der Waals surface area contributed by atoms with Gasteiger partial charge in [0, 0.05) is 0 Å². The number of hydrogen-bond donors (Lipinski definition) is 0. The Labute approximate surface area is 109 Å². The maximum atomic E-state index is 5.65. The molecule has 0 saturated carbocycles. The summed E-state index contributed by atoms with van der Waals surface area (Å²) in [6.07, 6.45) is 0. The second-order valence-corrected chi connectivity index (χ2v) is 5.57. The molecule has 0 aliphatic rings. The van der Waals surface area contributed by atoms with Crippen LogP contribution in [0.15, 0.2) is 9.98 Å². The van der Waals surface area contributed by atoms with Crippen molar-refractivity contribution in [3.05, 3.63) is 9.98 Å². The molecule has 0 spiro atoms. The Hall–Kier alpha value is 0.370. The predicted molar refractivity (Wildman–Crippen MR) is 72.6 cm³/mol. The zero-order valence-corrected chi connectivity index (χ0v) is 13.2. The van der Waals surface area contributed by atoms with Crippen LogP contribution in [0.25, 0.3) is 0 Å². The maximum absolute atomic E-state index is 5.65. The highest BCUT2D eigenvalue weighted by molar-refractivity contribution is 9.11. The fourth-order valence-electron chi connectivity index (χ4n) is 1.12. The van der Waals surface area contributed by atoms with Gasteiger partial charge >= 0.3 is 0 Å². The molecule has 0 heterocycles. The van der Waals surface area contributed by atoms with E-state index in [2.05, 4.69) is 29.8 Å². The van der Waals surface area contributed by atoms with Crippen LogP contribution in [0.5, 0.6) is 0 Å². The fourth-order valence-corrected chi connectivity index (χ4v) is 3.69. The van der Waals surface area contributed by atoms with Crippen molar-refractivity contribution < 1.29 is 13.8 Å². The van der Waals surface area contributed by atoms with Crippen LogP contribution < -0.4 is 0 Å². The standard InChI is InChI=1S/C11H22BrO3P/c1-6-13-11(12)10(9(4)5)16(14-7-2)15-8-3/h9H,6-8H2,1-5H3/b11-10+. The van der Waals surface area contributed by atoms with E-state index in [1.807, 2.05) is 20.8 Å². The minimum atomic E-state index is -1.01. The van der Waals surface area contributed by atoms with Crippen molar-refractivity contribution in [1.29, 1.82) is 0 Å². The first-order valence-electron chi connectivity index (χ1n) is 5.66. The van der Waals surface area contributed by atoms with E-state index in [9.17, 15) is 0 Å². The Kier molecular flexibility index (Phi) is 9.62. The Bertz CT molecular complexity index is 213. The van der Waals surface area contributed by atoms with Crippen molar-refractivity contribution in [2.45, 2.75) is 34.6 Å². The van der Waals surface area contributed by atoms with Gasteiger partial charge < -0.3 is 13.8 Å². The Balaban J connectivity index is 4.89. The highest BCUT2D eigenvalue weighted by Gasteiger charge is 2.23. The van der Waals surface area contributed by atoms with Gasteiger partial charge in [0.1, 0.15) is 0 Å².